The van der Waals surface area contributed by atoms with E-state index in [-0.39, 0.29) is 17.5 Å². The number of ether oxygens (including phenoxy) is 2. The third kappa shape index (κ3) is 9.95. The molecule has 3 rings (SSSR count). The Hall–Kier alpha value is -3.64. The van der Waals surface area contributed by atoms with E-state index in [2.05, 4.69) is 11.3 Å². The van der Waals surface area contributed by atoms with Gasteiger partial charge in [-0.2, -0.15) is 8.42 Å². The number of hydrogen-bond donors (Lipinski definition) is 0. The quantitative estimate of drug-likeness (QED) is 0.0589. The van der Waals surface area contributed by atoms with Crippen molar-refractivity contribution < 1.29 is 27.5 Å². The molecule has 1 heterocycles. The minimum atomic E-state index is -3.90. The molecule has 0 amide bonds. The Balaban J connectivity index is 1.91. The molecular weight excluding hydrogens is 601 g/mol. The van der Waals surface area contributed by atoms with Crippen LogP contribution in [0, 0.1) is 0 Å². The number of aromatic nitrogens is 2. The van der Waals surface area contributed by atoms with E-state index in [1.165, 1.54) is 25.0 Å². The van der Waals surface area contributed by atoms with Crippen LogP contribution < -0.4 is 0 Å². The van der Waals surface area contributed by atoms with Gasteiger partial charge in [0, 0.05) is 39.5 Å². The van der Waals surface area contributed by atoms with Gasteiger partial charge in [0.05, 0.1) is 18.1 Å². The first-order chi connectivity index (χ1) is 21.1. The minimum Gasteiger partial charge on any atom is -0.466 e. The lowest BCUT2D eigenvalue weighted by molar-refractivity contribution is -0.141. The van der Waals surface area contributed by atoms with E-state index in [0.29, 0.717) is 41.6 Å². The zero-order valence-corrected chi connectivity index (χ0v) is 27.7. The predicted molar refractivity (Wildman–Crippen MR) is 174 cm³/mol. The van der Waals surface area contributed by atoms with Gasteiger partial charge < -0.3 is 18.9 Å². The topological polar surface area (TPSA) is 120 Å². The van der Waals surface area contributed by atoms with Crippen LogP contribution in [0.25, 0.3) is 11.1 Å². The van der Waals surface area contributed by atoms with Gasteiger partial charge in [0.2, 0.25) is 0 Å². The van der Waals surface area contributed by atoms with Crippen LogP contribution in [0.1, 0.15) is 68.3 Å². The molecule has 0 spiro atoms. The van der Waals surface area contributed by atoms with Gasteiger partial charge in [0.25, 0.3) is 10.0 Å². The monoisotopic (exact) mass is 642 g/mol. The summed E-state index contributed by atoms with van der Waals surface area (Å²) in [4.78, 5) is 30.8. The molecule has 0 unspecified atom stereocenters. The highest BCUT2D eigenvalue weighted by atomic mass is 32.2. The number of hydrogen-bond acceptors (Lipinski definition) is 8. The van der Waals surface area contributed by atoms with Crippen LogP contribution in [0.15, 0.2) is 62.9 Å². The lowest BCUT2D eigenvalue weighted by Gasteiger charge is -2.13. The molecule has 0 saturated heterocycles. The molecule has 0 aliphatic rings. The summed E-state index contributed by atoms with van der Waals surface area (Å²) in [6, 6.07) is 14.4. The van der Waals surface area contributed by atoms with Gasteiger partial charge in [-0.15, -0.1) is 16.2 Å². The zero-order chi connectivity index (χ0) is 32.1. The number of carbonyl (C=O) groups excluding carboxylic acids is 2. The molecule has 0 atom stereocenters. The highest BCUT2D eigenvalue weighted by molar-refractivity contribution is 7.99. The van der Waals surface area contributed by atoms with Crippen LogP contribution in [0.3, 0.4) is 0 Å². The number of esters is 2. The van der Waals surface area contributed by atoms with Crippen molar-refractivity contribution in [1.29, 1.82) is 0 Å². The molecule has 0 aliphatic carbocycles. The molecule has 12 heteroatoms. The molecule has 238 valence electrons. The molecule has 0 aliphatic heterocycles. The summed E-state index contributed by atoms with van der Waals surface area (Å²) in [6.07, 6.45) is 5.42. The molecule has 0 radical (unpaired) electrons. The van der Waals surface area contributed by atoms with Crippen molar-refractivity contribution in [2.75, 3.05) is 33.1 Å². The molecule has 0 saturated carbocycles. The number of aryl methyl sites for hydroxylation is 1. The zero-order valence-electron chi connectivity index (χ0n) is 26.1. The molecule has 3 aromatic rings. The van der Waals surface area contributed by atoms with Crippen molar-refractivity contribution in [2.24, 2.45) is 4.40 Å². The molecule has 0 bridgehead atoms. The molecule has 0 fully saturated rings. The SMILES string of the molecule is CCCCc1nc(SCCCCOC(C)=O)c(C(=O)OCC)n1Cc1ccc(-c2ccccc2S(=O)(=O)/N=C/N(C)C)cc1. The van der Waals surface area contributed by atoms with Crippen molar-refractivity contribution in [1.82, 2.24) is 14.5 Å². The summed E-state index contributed by atoms with van der Waals surface area (Å²) in [7, 11) is -0.484. The Kier molecular flexibility index (Phi) is 13.5. The number of sulfonamides is 1. The van der Waals surface area contributed by atoms with Crippen molar-refractivity contribution in [3.05, 3.63) is 65.6 Å². The van der Waals surface area contributed by atoms with Crippen molar-refractivity contribution >= 4 is 40.1 Å². The Morgan fingerprint density at radius 3 is 2.41 bits per heavy atom. The Labute approximate surface area is 264 Å². The maximum Gasteiger partial charge on any atom is 0.357 e. The first-order valence-electron chi connectivity index (χ1n) is 14.7. The molecule has 0 N–H and O–H groups in total. The van der Waals surface area contributed by atoms with Crippen LogP contribution in [-0.2, 0) is 37.3 Å². The number of imidazole rings is 1. The average Bonchev–Trinajstić information content (AvgIpc) is 3.33. The summed E-state index contributed by atoms with van der Waals surface area (Å²) >= 11 is 1.50. The molecule has 2 aromatic carbocycles. The predicted octanol–water partition coefficient (Wildman–Crippen LogP) is 5.83. The second kappa shape index (κ2) is 17.0. The summed E-state index contributed by atoms with van der Waals surface area (Å²) < 4.78 is 42.2. The fourth-order valence-corrected chi connectivity index (χ4v) is 6.56. The largest absolute Gasteiger partial charge is 0.466 e. The smallest absolute Gasteiger partial charge is 0.357 e. The van der Waals surface area contributed by atoms with Gasteiger partial charge in [0.15, 0.2) is 5.69 Å². The summed E-state index contributed by atoms with van der Waals surface area (Å²) in [5, 5.41) is 0.635. The number of thioether (sulfide) groups is 1. The fourth-order valence-electron chi connectivity index (χ4n) is 4.37. The minimum absolute atomic E-state index is 0.126. The van der Waals surface area contributed by atoms with E-state index < -0.39 is 16.0 Å². The number of carbonyl (C=O) groups is 2. The number of rotatable bonds is 17. The van der Waals surface area contributed by atoms with E-state index >= 15 is 0 Å². The summed E-state index contributed by atoms with van der Waals surface area (Å²) in [6.45, 7) is 6.30. The maximum absolute atomic E-state index is 13.2. The third-order valence-electron chi connectivity index (χ3n) is 6.51. The van der Waals surface area contributed by atoms with Crippen molar-refractivity contribution in [3.63, 3.8) is 0 Å². The Morgan fingerprint density at radius 2 is 1.75 bits per heavy atom. The van der Waals surface area contributed by atoms with Crippen molar-refractivity contribution in [3.8, 4) is 11.1 Å². The molecule has 1 aromatic heterocycles. The fraction of sp³-hybridized carbons (Fsp3) is 0.438. The highest BCUT2D eigenvalue weighted by Crippen LogP contribution is 2.30. The van der Waals surface area contributed by atoms with Gasteiger partial charge in [-0.3, -0.25) is 4.79 Å². The number of nitrogens with zero attached hydrogens (tertiary/aromatic N) is 4. The maximum atomic E-state index is 13.2. The van der Waals surface area contributed by atoms with Gasteiger partial charge in [-0.1, -0.05) is 55.8 Å². The molecule has 10 nitrogen and oxygen atoms in total. The van der Waals surface area contributed by atoms with Crippen LogP contribution in [0.2, 0.25) is 0 Å². The van der Waals surface area contributed by atoms with Gasteiger partial charge in [-0.25, -0.2) is 9.78 Å². The second-order valence-corrected chi connectivity index (χ2v) is 13.0. The number of benzene rings is 2. The van der Waals surface area contributed by atoms with E-state index in [4.69, 9.17) is 14.5 Å². The lowest BCUT2D eigenvalue weighted by atomic mass is 10.0. The van der Waals surface area contributed by atoms with E-state index in [9.17, 15) is 18.0 Å². The average molecular weight is 643 g/mol. The van der Waals surface area contributed by atoms with E-state index in [1.54, 1.807) is 50.2 Å². The third-order valence-corrected chi connectivity index (χ3v) is 8.84. The Morgan fingerprint density at radius 1 is 1.02 bits per heavy atom. The van der Waals surface area contributed by atoms with Crippen LogP contribution in [0.4, 0.5) is 0 Å². The van der Waals surface area contributed by atoms with Crippen molar-refractivity contribution in [2.45, 2.75) is 69.3 Å². The lowest BCUT2D eigenvalue weighted by Crippen LogP contribution is -2.16. The molecule has 44 heavy (non-hydrogen) atoms. The first-order valence-corrected chi connectivity index (χ1v) is 17.2. The van der Waals surface area contributed by atoms with Crippen LogP contribution in [-0.4, -0.2) is 74.2 Å². The highest BCUT2D eigenvalue weighted by Gasteiger charge is 2.25. The molecular formula is C32H42N4O6S2. The van der Waals surface area contributed by atoms with Gasteiger partial charge in [0.1, 0.15) is 17.2 Å². The second-order valence-electron chi connectivity index (χ2n) is 10.3. The van der Waals surface area contributed by atoms with Crippen LogP contribution >= 0.6 is 11.8 Å². The normalized spacial score (nSPS) is 11.6. The van der Waals surface area contributed by atoms with E-state index in [0.717, 1.165) is 42.6 Å². The summed E-state index contributed by atoms with van der Waals surface area (Å²) in [5.74, 6) is 0.821. The standard InChI is InChI=1S/C32H42N4O6S2/c1-6-8-15-29-34-31(43-21-12-11-20-42-24(3)37)30(32(38)41-7-2)36(29)22-25-16-18-26(19-17-25)27-13-9-10-14-28(27)44(39,40)33-23-35(4)5/h9-10,13-14,16-19,23H,6-8,11-12,15,20-22H2,1-5H3/b33-23+. The van der Waals surface area contributed by atoms with Crippen LogP contribution in [0.5, 0.6) is 0 Å². The van der Waals surface area contributed by atoms with E-state index in [1.807, 2.05) is 28.8 Å². The van der Waals surface area contributed by atoms with Gasteiger partial charge >= 0.3 is 11.9 Å². The first kappa shape index (κ1) is 34.8. The summed E-state index contributed by atoms with van der Waals surface area (Å²) in [5.41, 5.74) is 2.65. The number of unbranched alkanes of at least 4 members (excludes halogenated alkanes) is 2. The van der Waals surface area contributed by atoms with Gasteiger partial charge in [-0.05, 0) is 49.1 Å². The Bertz CT molecular complexity index is 1530.